The van der Waals surface area contributed by atoms with E-state index >= 15 is 0 Å². The summed E-state index contributed by atoms with van der Waals surface area (Å²) in [4.78, 5) is 18.0. The highest BCUT2D eigenvalue weighted by Crippen LogP contribution is 2.18. The molecule has 1 aromatic rings. The molecule has 20 heavy (non-hydrogen) atoms. The van der Waals surface area contributed by atoms with E-state index in [9.17, 15) is 4.79 Å². The first-order chi connectivity index (χ1) is 9.75. The quantitative estimate of drug-likeness (QED) is 0.862. The van der Waals surface area contributed by atoms with Gasteiger partial charge in [-0.3, -0.25) is 9.78 Å². The minimum absolute atomic E-state index is 0.276. The summed E-state index contributed by atoms with van der Waals surface area (Å²) in [6.45, 7) is 3.00. The highest BCUT2D eigenvalue weighted by molar-refractivity contribution is 5.75. The molecular weight excluding hydrogens is 250 g/mol. The smallest absolute Gasteiger partial charge is 0.222 e. The van der Waals surface area contributed by atoms with Crippen LogP contribution in [0.25, 0.3) is 0 Å². The van der Waals surface area contributed by atoms with Crippen molar-refractivity contribution in [2.24, 2.45) is 5.92 Å². The van der Waals surface area contributed by atoms with Gasteiger partial charge in [-0.1, -0.05) is 0 Å². The molecule has 1 amide bonds. The summed E-state index contributed by atoms with van der Waals surface area (Å²) < 4.78 is 0. The van der Waals surface area contributed by atoms with E-state index in [0.29, 0.717) is 6.42 Å². The number of piperidine rings is 1. The van der Waals surface area contributed by atoms with Gasteiger partial charge in [0.1, 0.15) is 0 Å². The van der Waals surface area contributed by atoms with E-state index in [1.807, 2.05) is 24.1 Å². The van der Waals surface area contributed by atoms with Gasteiger partial charge < -0.3 is 10.2 Å². The number of amides is 1. The van der Waals surface area contributed by atoms with Crippen LogP contribution >= 0.6 is 0 Å². The maximum absolute atomic E-state index is 12.1. The summed E-state index contributed by atoms with van der Waals surface area (Å²) in [6, 6.07) is 4.01. The third kappa shape index (κ3) is 4.93. The van der Waals surface area contributed by atoms with Crippen molar-refractivity contribution in [2.75, 3.05) is 26.7 Å². The molecule has 0 unspecified atom stereocenters. The van der Waals surface area contributed by atoms with Crippen LogP contribution in [0.15, 0.2) is 24.5 Å². The van der Waals surface area contributed by atoms with Crippen LogP contribution in [0.1, 0.15) is 31.2 Å². The Morgan fingerprint density at radius 3 is 2.75 bits per heavy atom. The number of nitrogens with zero attached hydrogens (tertiary/aromatic N) is 2. The van der Waals surface area contributed by atoms with Gasteiger partial charge in [-0.2, -0.15) is 0 Å². The number of carbonyl (C=O) groups is 1. The Morgan fingerprint density at radius 2 is 2.05 bits per heavy atom. The van der Waals surface area contributed by atoms with Gasteiger partial charge >= 0.3 is 0 Å². The summed E-state index contributed by atoms with van der Waals surface area (Å²) in [5.74, 6) is 1.01. The first-order valence-electron chi connectivity index (χ1n) is 7.59. The molecule has 0 radical (unpaired) electrons. The van der Waals surface area contributed by atoms with E-state index in [1.165, 1.54) is 18.4 Å². The molecule has 1 aliphatic rings. The second-order valence-corrected chi connectivity index (χ2v) is 5.65. The van der Waals surface area contributed by atoms with Crippen molar-refractivity contribution < 1.29 is 4.79 Å². The lowest BCUT2D eigenvalue weighted by Crippen LogP contribution is -2.31. The molecule has 0 atom stereocenters. The normalized spacial score (nSPS) is 16.1. The van der Waals surface area contributed by atoms with Crippen LogP contribution < -0.4 is 5.32 Å². The number of pyridine rings is 1. The monoisotopic (exact) mass is 275 g/mol. The van der Waals surface area contributed by atoms with Crippen molar-refractivity contribution in [2.45, 2.75) is 32.1 Å². The van der Waals surface area contributed by atoms with Crippen molar-refractivity contribution in [3.8, 4) is 0 Å². The Labute approximate surface area is 121 Å². The predicted molar refractivity (Wildman–Crippen MR) is 80.4 cm³/mol. The van der Waals surface area contributed by atoms with Gasteiger partial charge in [0.15, 0.2) is 0 Å². The van der Waals surface area contributed by atoms with Gasteiger partial charge in [-0.25, -0.2) is 0 Å². The summed E-state index contributed by atoms with van der Waals surface area (Å²) in [6.07, 6.45) is 8.67. The van der Waals surface area contributed by atoms with E-state index in [-0.39, 0.29) is 5.91 Å². The lowest BCUT2D eigenvalue weighted by molar-refractivity contribution is -0.130. The van der Waals surface area contributed by atoms with Gasteiger partial charge in [0.05, 0.1) is 0 Å². The molecule has 1 N–H and O–H groups in total. The zero-order chi connectivity index (χ0) is 14.2. The summed E-state index contributed by atoms with van der Waals surface area (Å²) in [5.41, 5.74) is 1.23. The number of hydrogen-bond donors (Lipinski definition) is 1. The Balaban J connectivity index is 1.66. The van der Waals surface area contributed by atoms with Crippen molar-refractivity contribution in [1.82, 2.24) is 15.2 Å². The molecule has 1 aliphatic heterocycles. The molecule has 0 spiro atoms. The molecule has 0 saturated carbocycles. The second kappa shape index (κ2) is 8.00. The summed E-state index contributed by atoms with van der Waals surface area (Å²) >= 11 is 0. The van der Waals surface area contributed by atoms with Crippen LogP contribution in [0.5, 0.6) is 0 Å². The number of carbonyl (C=O) groups excluding carboxylic acids is 1. The fourth-order valence-electron chi connectivity index (χ4n) is 2.66. The minimum atomic E-state index is 0.276. The number of hydrogen-bond acceptors (Lipinski definition) is 3. The largest absolute Gasteiger partial charge is 0.345 e. The lowest BCUT2D eigenvalue weighted by atomic mass is 9.93. The molecule has 0 bridgehead atoms. The maximum Gasteiger partial charge on any atom is 0.222 e. The van der Waals surface area contributed by atoms with E-state index in [4.69, 9.17) is 0 Å². The fraction of sp³-hybridized carbons (Fsp3) is 0.625. The van der Waals surface area contributed by atoms with Gasteiger partial charge in [0, 0.05) is 32.4 Å². The van der Waals surface area contributed by atoms with Crippen LogP contribution in [0.2, 0.25) is 0 Å². The van der Waals surface area contributed by atoms with Crippen molar-refractivity contribution in [3.05, 3.63) is 30.1 Å². The summed E-state index contributed by atoms with van der Waals surface area (Å²) in [7, 11) is 1.91. The van der Waals surface area contributed by atoms with Gasteiger partial charge in [-0.05, 0) is 62.4 Å². The molecule has 1 aromatic heterocycles. The molecule has 2 rings (SSSR count). The average molecular weight is 275 g/mol. The Kier molecular flexibility index (Phi) is 5.99. The third-order valence-electron chi connectivity index (χ3n) is 4.14. The highest BCUT2D eigenvalue weighted by atomic mass is 16.2. The van der Waals surface area contributed by atoms with Crippen molar-refractivity contribution in [1.29, 1.82) is 0 Å². The first kappa shape index (κ1) is 15.0. The predicted octanol–water partition coefficient (Wildman–Crippen LogP) is 1.86. The number of likely N-dealkylation sites (N-methyl/N-ethyl adjacent to an activating group) is 1. The Hall–Kier alpha value is -1.42. The Bertz CT molecular complexity index is 401. The van der Waals surface area contributed by atoms with Crippen molar-refractivity contribution in [3.63, 3.8) is 0 Å². The van der Waals surface area contributed by atoms with Gasteiger partial charge in [0.2, 0.25) is 5.91 Å². The molecule has 1 fully saturated rings. The fourth-order valence-corrected chi connectivity index (χ4v) is 2.66. The number of rotatable bonds is 6. The minimum Gasteiger partial charge on any atom is -0.345 e. The maximum atomic E-state index is 12.1. The molecule has 0 aliphatic carbocycles. The Morgan fingerprint density at radius 1 is 1.35 bits per heavy atom. The SMILES string of the molecule is CN(CCc1ccncc1)C(=O)CCC1CCNCC1. The van der Waals surface area contributed by atoms with Crippen LogP contribution in [-0.2, 0) is 11.2 Å². The standard InChI is InChI=1S/C16H25N3O/c1-19(13-8-15-6-11-18-12-7-15)16(20)3-2-14-4-9-17-10-5-14/h6-7,11-12,14,17H,2-5,8-10,13H2,1H3. The third-order valence-corrected chi connectivity index (χ3v) is 4.14. The lowest BCUT2D eigenvalue weighted by Gasteiger charge is -2.23. The van der Waals surface area contributed by atoms with E-state index < -0.39 is 0 Å². The molecular formula is C16H25N3O. The van der Waals surface area contributed by atoms with E-state index in [1.54, 1.807) is 12.4 Å². The van der Waals surface area contributed by atoms with Crippen LogP contribution in [0.4, 0.5) is 0 Å². The topological polar surface area (TPSA) is 45.2 Å². The van der Waals surface area contributed by atoms with Gasteiger partial charge in [0.25, 0.3) is 0 Å². The van der Waals surface area contributed by atoms with Crippen LogP contribution in [0, 0.1) is 5.92 Å². The molecule has 4 heteroatoms. The molecule has 1 saturated heterocycles. The second-order valence-electron chi connectivity index (χ2n) is 5.65. The molecule has 0 aromatic carbocycles. The summed E-state index contributed by atoms with van der Waals surface area (Å²) in [5, 5.41) is 3.36. The molecule has 4 nitrogen and oxygen atoms in total. The number of aromatic nitrogens is 1. The molecule has 2 heterocycles. The van der Waals surface area contributed by atoms with Crippen LogP contribution in [-0.4, -0.2) is 42.5 Å². The average Bonchev–Trinajstić information content (AvgIpc) is 2.52. The number of nitrogens with one attached hydrogen (secondary N) is 1. The van der Waals surface area contributed by atoms with Gasteiger partial charge in [-0.15, -0.1) is 0 Å². The highest BCUT2D eigenvalue weighted by Gasteiger charge is 2.16. The van der Waals surface area contributed by atoms with E-state index in [0.717, 1.165) is 38.4 Å². The van der Waals surface area contributed by atoms with Crippen LogP contribution in [0.3, 0.4) is 0 Å². The zero-order valence-electron chi connectivity index (χ0n) is 12.3. The zero-order valence-corrected chi connectivity index (χ0v) is 12.3. The van der Waals surface area contributed by atoms with E-state index in [2.05, 4.69) is 10.3 Å². The molecule has 110 valence electrons. The van der Waals surface area contributed by atoms with Crippen molar-refractivity contribution >= 4 is 5.91 Å². The first-order valence-corrected chi connectivity index (χ1v) is 7.59.